The molecule has 3 nitrogen and oxygen atoms in total. The number of rotatable bonds is 5. The molecule has 0 spiro atoms. The summed E-state index contributed by atoms with van der Waals surface area (Å²) in [6.45, 7) is 2.86. The molecule has 0 aromatic carbocycles. The summed E-state index contributed by atoms with van der Waals surface area (Å²) in [4.78, 5) is 0. The Hall–Kier alpha value is -0.350. The van der Waals surface area contributed by atoms with E-state index in [0.29, 0.717) is 0 Å². The van der Waals surface area contributed by atoms with Gasteiger partial charge in [-0.15, -0.1) is 0 Å². The molecule has 0 aliphatic heterocycles. The number of aromatic nitrogens is 2. The van der Waals surface area contributed by atoms with Crippen LogP contribution in [0, 0.1) is 5.92 Å². The first-order chi connectivity index (χ1) is 8.72. The monoisotopic (exact) mass is 314 g/mol. The Kier molecular flexibility index (Phi) is 5.25. The van der Waals surface area contributed by atoms with Gasteiger partial charge in [0.1, 0.15) is 0 Å². The van der Waals surface area contributed by atoms with Gasteiger partial charge < -0.3 is 5.11 Å². The van der Waals surface area contributed by atoms with Crippen LogP contribution in [-0.2, 0) is 6.54 Å². The van der Waals surface area contributed by atoms with E-state index in [9.17, 15) is 5.11 Å². The zero-order valence-corrected chi connectivity index (χ0v) is 12.7. The molecule has 0 amide bonds. The number of hydrogen-bond donors (Lipinski definition) is 1. The minimum absolute atomic E-state index is 0.385. The molecular weight excluding hydrogens is 292 g/mol. The van der Waals surface area contributed by atoms with Crippen molar-refractivity contribution in [2.24, 2.45) is 5.92 Å². The molecule has 1 unspecified atom stereocenters. The SMILES string of the molecule is CCn1ncc(Br)c1C(O)CCC1CCCCC1. The van der Waals surface area contributed by atoms with Crippen molar-refractivity contribution < 1.29 is 5.11 Å². The summed E-state index contributed by atoms with van der Waals surface area (Å²) in [5, 5.41) is 14.6. The number of halogens is 1. The first-order valence-corrected chi connectivity index (χ1v) is 7.91. The fourth-order valence-corrected chi connectivity index (χ4v) is 3.52. The first-order valence-electron chi connectivity index (χ1n) is 7.11. The first kappa shape index (κ1) is 14.1. The van der Waals surface area contributed by atoms with E-state index in [1.807, 2.05) is 4.68 Å². The fraction of sp³-hybridized carbons (Fsp3) is 0.786. The molecule has 18 heavy (non-hydrogen) atoms. The van der Waals surface area contributed by atoms with Crippen molar-refractivity contribution in [2.45, 2.75) is 64.5 Å². The normalized spacial score (nSPS) is 19.1. The average molecular weight is 315 g/mol. The van der Waals surface area contributed by atoms with E-state index in [2.05, 4.69) is 28.0 Å². The van der Waals surface area contributed by atoms with Gasteiger partial charge in [-0.1, -0.05) is 32.1 Å². The van der Waals surface area contributed by atoms with Crippen LogP contribution in [-0.4, -0.2) is 14.9 Å². The zero-order valence-electron chi connectivity index (χ0n) is 11.1. The molecule has 1 N–H and O–H groups in total. The number of aliphatic hydroxyl groups excluding tert-OH is 1. The Morgan fingerprint density at radius 1 is 1.44 bits per heavy atom. The van der Waals surface area contributed by atoms with Gasteiger partial charge >= 0.3 is 0 Å². The van der Waals surface area contributed by atoms with Crippen molar-refractivity contribution in [1.29, 1.82) is 0 Å². The number of hydrogen-bond acceptors (Lipinski definition) is 2. The highest BCUT2D eigenvalue weighted by Crippen LogP contribution is 2.32. The van der Waals surface area contributed by atoms with E-state index in [1.165, 1.54) is 32.1 Å². The second-order valence-corrected chi connectivity index (χ2v) is 6.15. The lowest BCUT2D eigenvalue weighted by Crippen LogP contribution is -2.12. The van der Waals surface area contributed by atoms with Crippen LogP contribution in [0.4, 0.5) is 0 Å². The average Bonchev–Trinajstić information content (AvgIpc) is 2.78. The fourth-order valence-electron chi connectivity index (χ4n) is 2.96. The molecule has 1 fully saturated rings. The molecule has 102 valence electrons. The summed E-state index contributed by atoms with van der Waals surface area (Å²) in [6.07, 6.45) is 10.2. The van der Waals surface area contributed by atoms with Crippen LogP contribution in [0.15, 0.2) is 10.7 Å². The second kappa shape index (κ2) is 6.71. The minimum atomic E-state index is -0.385. The van der Waals surface area contributed by atoms with Crippen LogP contribution < -0.4 is 0 Å². The lowest BCUT2D eigenvalue weighted by Gasteiger charge is -2.23. The topological polar surface area (TPSA) is 38.0 Å². The Balaban J connectivity index is 1.90. The van der Waals surface area contributed by atoms with Crippen molar-refractivity contribution in [2.75, 3.05) is 0 Å². The van der Waals surface area contributed by atoms with E-state index in [4.69, 9.17) is 0 Å². The number of nitrogens with zero attached hydrogens (tertiary/aromatic N) is 2. The molecule has 0 saturated heterocycles. The maximum atomic E-state index is 10.3. The predicted octanol–water partition coefficient (Wildman–Crippen LogP) is 4.06. The third-order valence-corrected chi connectivity index (χ3v) is 4.63. The lowest BCUT2D eigenvalue weighted by atomic mass is 9.85. The second-order valence-electron chi connectivity index (χ2n) is 5.29. The van der Waals surface area contributed by atoms with Crippen molar-refractivity contribution in [3.63, 3.8) is 0 Å². The van der Waals surface area contributed by atoms with E-state index >= 15 is 0 Å². The van der Waals surface area contributed by atoms with E-state index in [0.717, 1.165) is 35.5 Å². The molecule has 4 heteroatoms. The Bertz CT molecular complexity index is 372. The summed E-state index contributed by atoms with van der Waals surface area (Å²) in [5.74, 6) is 0.824. The molecule has 1 aliphatic rings. The van der Waals surface area contributed by atoms with Crippen molar-refractivity contribution in [3.05, 3.63) is 16.4 Å². The molecule has 1 saturated carbocycles. The molecule has 1 heterocycles. The number of aliphatic hydroxyl groups is 1. The van der Waals surface area contributed by atoms with Gasteiger partial charge in [-0.2, -0.15) is 5.10 Å². The van der Waals surface area contributed by atoms with Crippen molar-refractivity contribution >= 4 is 15.9 Å². The summed E-state index contributed by atoms with van der Waals surface area (Å²) >= 11 is 3.48. The van der Waals surface area contributed by atoms with Gasteiger partial charge in [0.25, 0.3) is 0 Å². The van der Waals surface area contributed by atoms with Crippen LogP contribution in [0.3, 0.4) is 0 Å². The van der Waals surface area contributed by atoms with Gasteiger partial charge in [-0.25, -0.2) is 0 Å². The van der Waals surface area contributed by atoms with Crippen molar-refractivity contribution in [3.8, 4) is 0 Å². The Morgan fingerprint density at radius 2 is 2.17 bits per heavy atom. The molecule has 1 atom stereocenters. The molecule has 0 bridgehead atoms. The van der Waals surface area contributed by atoms with E-state index in [1.54, 1.807) is 6.20 Å². The molecular formula is C14H23BrN2O. The molecule has 2 rings (SSSR count). The summed E-state index contributed by atoms with van der Waals surface area (Å²) in [7, 11) is 0. The molecule has 1 aromatic heterocycles. The van der Waals surface area contributed by atoms with Gasteiger partial charge in [-0.05, 0) is 41.6 Å². The maximum Gasteiger partial charge on any atom is 0.0968 e. The Labute approximate surface area is 118 Å². The van der Waals surface area contributed by atoms with Gasteiger partial charge in [0, 0.05) is 6.54 Å². The quantitative estimate of drug-likeness (QED) is 0.890. The summed E-state index contributed by atoms with van der Waals surface area (Å²) < 4.78 is 2.82. The van der Waals surface area contributed by atoms with E-state index in [-0.39, 0.29) is 6.10 Å². The summed E-state index contributed by atoms with van der Waals surface area (Å²) in [6, 6.07) is 0. The summed E-state index contributed by atoms with van der Waals surface area (Å²) in [5.41, 5.74) is 0.938. The van der Waals surface area contributed by atoms with Crippen LogP contribution >= 0.6 is 15.9 Å². The Morgan fingerprint density at radius 3 is 2.83 bits per heavy atom. The maximum absolute atomic E-state index is 10.3. The minimum Gasteiger partial charge on any atom is -0.387 e. The highest BCUT2D eigenvalue weighted by Gasteiger charge is 2.20. The number of aryl methyl sites for hydroxylation is 1. The molecule has 0 radical (unpaired) electrons. The zero-order chi connectivity index (χ0) is 13.0. The van der Waals surface area contributed by atoms with Crippen molar-refractivity contribution in [1.82, 2.24) is 9.78 Å². The molecule has 1 aliphatic carbocycles. The lowest BCUT2D eigenvalue weighted by molar-refractivity contribution is 0.141. The van der Waals surface area contributed by atoms with Crippen LogP contribution in [0.25, 0.3) is 0 Å². The standard InChI is InChI=1S/C14H23BrN2O/c1-2-17-14(12(15)10-16-17)13(18)9-8-11-6-4-3-5-7-11/h10-11,13,18H,2-9H2,1H3. The van der Waals surface area contributed by atoms with Gasteiger partial charge in [-0.3, -0.25) is 4.68 Å². The van der Waals surface area contributed by atoms with Crippen LogP contribution in [0.5, 0.6) is 0 Å². The third kappa shape index (κ3) is 3.35. The van der Waals surface area contributed by atoms with Crippen LogP contribution in [0.1, 0.15) is 63.7 Å². The predicted molar refractivity (Wildman–Crippen MR) is 76.4 cm³/mol. The molecule has 1 aromatic rings. The highest BCUT2D eigenvalue weighted by molar-refractivity contribution is 9.10. The van der Waals surface area contributed by atoms with Gasteiger partial charge in [0.05, 0.1) is 22.5 Å². The highest BCUT2D eigenvalue weighted by atomic mass is 79.9. The van der Waals surface area contributed by atoms with Crippen LogP contribution in [0.2, 0.25) is 0 Å². The third-order valence-electron chi connectivity index (χ3n) is 4.02. The van der Waals surface area contributed by atoms with Gasteiger partial charge in [0.15, 0.2) is 0 Å². The van der Waals surface area contributed by atoms with E-state index < -0.39 is 0 Å². The largest absolute Gasteiger partial charge is 0.387 e. The smallest absolute Gasteiger partial charge is 0.0968 e. The van der Waals surface area contributed by atoms with Gasteiger partial charge in [0.2, 0.25) is 0 Å².